The van der Waals surface area contributed by atoms with Gasteiger partial charge in [0, 0.05) is 12.2 Å². The molecule has 2 N–H and O–H groups in total. The van der Waals surface area contributed by atoms with Crippen LogP contribution in [0.15, 0.2) is 24.3 Å². The predicted octanol–water partition coefficient (Wildman–Crippen LogP) is 3.65. The molecule has 0 amide bonds. The van der Waals surface area contributed by atoms with Crippen molar-refractivity contribution < 1.29 is 22.6 Å². The van der Waals surface area contributed by atoms with Gasteiger partial charge in [-0.1, -0.05) is 32.0 Å². The Morgan fingerprint density at radius 2 is 1.80 bits per heavy atom. The lowest BCUT2D eigenvalue weighted by Gasteiger charge is -2.28. The molecule has 0 aliphatic rings. The molecule has 20 heavy (non-hydrogen) atoms. The molecule has 0 saturated carbocycles. The van der Waals surface area contributed by atoms with Crippen LogP contribution in [0.5, 0.6) is 5.75 Å². The van der Waals surface area contributed by atoms with E-state index in [0.29, 0.717) is 6.61 Å². The van der Waals surface area contributed by atoms with Gasteiger partial charge in [0.2, 0.25) is 0 Å². The summed E-state index contributed by atoms with van der Waals surface area (Å²) in [6.07, 6.45) is -5.12. The summed E-state index contributed by atoms with van der Waals surface area (Å²) in [5.41, 5.74) is 6.36. The average Bonchev–Trinajstić information content (AvgIpc) is 2.33. The fourth-order valence-corrected chi connectivity index (χ4v) is 2.05. The molecular weight excluding hydrogens is 271 g/mol. The quantitative estimate of drug-likeness (QED) is 0.870. The predicted molar refractivity (Wildman–Crippen MR) is 70.3 cm³/mol. The fraction of sp³-hybridized carbons (Fsp3) is 0.571. The van der Waals surface area contributed by atoms with Gasteiger partial charge in [0.05, 0.1) is 12.1 Å². The Balaban J connectivity index is 3.05. The summed E-state index contributed by atoms with van der Waals surface area (Å²) < 4.78 is 46.8. The number of benzene rings is 1. The van der Waals surface area contributed by atoms with E-state index in [1.54, 1.807) is 6.07 Å². The summed E-state index contributed by atoms with van der Waals surface area (Å²) >= 11 is 0. The lowest BCUT2D eigenvalue weighted by Crippen LogP contribution is -2.34. The number of alkyl halides is 3. The van der Waals surface area contributed by atoms with Crippen molar-refractivity contribution in [2.24, 2.45) is 11.7 Å². The molecule has 1 aromatic carbocycles. The van der Waals surface area contributed by atoms with Gasteiger partial charge in [-0.05, 0) is 18.9 Å². The highest BCUT2D eigenvalue weighted by molar-refractivity contribution is 5.36. The van der Waals surface area contributed by atoms with Crippen molar-refractivity contribution in [3.8, 4) is 5.75 Å². The topological polar surface area (TPSA) is 44.5 Å². The molecule has 1 rings (SSSR count). The van der Waals surface area contributed by atoms with Crippen molar-refractivity contribution in [3.63, 3.8) is 0 Å². The molecule has 1 aromatic rings. The lowest BCUT2D eigenvalue weighted by atomic mass is 9.93. The third-order valence-electron chi connectivity index (χ3n) is 2.87. The molecule has 6 heteroatoms. The van der Waals surface area contributed by atoms with Crippen molar-refractivity contribution in [1.82, 2.24) is 0 Å². The summed E-state index contributed by atoms with van der Waals surface area (Å²) in [6, 6.07) is 5.20. The van der Waals surface area contributed by atoms with E-state index in [1.165, 1.54) is 18.2 Å². The van der Waals surface area contributed by atoms with Crippen LogP contribution in [0.1, 0.15) is 32.4 Å². The molecule has 0 aliphatic heterocycles. The van der Waals surface area contributed by atoms with Crippen molar-refractivity contribution >= 4 is 0 Å². The fourth-order valence-electron chi connectivity index (χ4n) is 2.05. The van der Waals surface area contributed by atoms with E-state index >= 15 is 0 Å². The zero-order valence-electron chi connectivity index (χ0n) is 11.8. The maximum absolute atomic E-state index is 12.4. The maximum Gasteiger partial charge on any atom is 0.573 e. The Bertz CT molecular complexity index is 421. The lowest BCUT2D eigenvalue weighted by molar-refractivity contribution is -0.275. The van der Waals surface area contributed by atoms with E-state index < -0.39 is 12.4 Å². The largest absolute Gasteiger partial charge is 0.573 e. The Kier molecular flexibility index (Phi) is 5.83. The third kappa shape index (κ3) is 4.68. The Morgan fingerprint density at radius 1 is 1.20 bits per heavy atom. The molecule has 3 nitrogen and oxygen atoms in total. The smallest absolute Gasteiger partial charge is 0.405 e. The molecule has 114 valence electrons. The first-order chi connectivity index (χ1) is 9.26. The first-order valence-corrected chi connectivity index (χ1v) is 6.48. The van der Waals surface area contributed by atoms with Crippen molar-refractivity contribution in [2.45, 2.75) is 39.3 Å². The molecule has 0 fully saturated rings. The van der Waals surface area contributed by atoms with Crippen LogP contribution in [0.4, 0.5) is 13.2 Å². The second-order valence-electron chi connectivity index (χ2n) is 4.78. The van der Waals surface area contributed by atoms with Crippen LogP contribution in [0.25, 0.3) is 0 Å². The van der Waals surface area contributed by atoms with Gasteiger partial charge in [0.25, 0.3) is 0 Å². The summed E-state index contributed by atoms with van der Waals surface area (Å²) in [5.74, 6) is -0.207. The number of ether oxygens (including phenoxy) is 2. The molecule has 0 aromatic heterocycles. The highest BCUT2D eigenvalue weighted by Gasteiger charge is 2.34. The molecule has 0 aliphatic carbocycles. The average molecular weight is 291 g/mol. The number of rotatable bonds is 6. The number of para-hydroxylation sites is 1. The third-order valence-corrected chi connectivity index (χ3v) is 2.87. The van der Waals surface area contributed by atoms with Gasteiger partial charge in [-0.2, -0.15) is 0 Å². The van der Waals surface area contributed by atoms with E-state index in [4.69, 9.17) is 10.5 Å². The summed E-state index contributed by atoms with van der Waals surface area (Å²) in [5, 5.41) is 0. The molecular formula is C14H20F3NO2. The van der Waals surface area contributed by atoms with Gasteiger partial charge < -0.3 is 15.2 Å². The van der Waals surface area contributed by atoms with Crippen molar-refractivity contribution in [2.75, 3.05) is 6.61 Å². The first kappa shape index (κ1) is 16.8. The highest BCUT2D eigenvalue weighted by Crippen LogP contribution is 2.33. The zero-order valence-corrected chi connectivity index (χ0v) is 11.8. The minimum Gasteiger partial charge on any atom is -0.405 e. The first-order valence-electron chi connectivity index (χ1n) is 6.48. The van der Waals surface area contributed by atoms with Gasteiger partial charge >= 0.3 is 6.36 Å². The van der Waals surface area contributed by atoms with Crippen LogP contribution in [0.2, 0.25) is 0 Å². The van der Waals surface area contributed by atoms with E-state index in [0.717, 1.165) is 0 Å². The van der Waals surface area contributed by atoms with Gasteiger partial charge in [-0.15, -0.1) is 13.2 Å². The van der Waals surface area contributed by atoms with Crippen LogP contribution < -0.4 is 10.5 Å². The SMILES string of the molecule is CCOC(C(C)C)C(N)c1ccccc1OC(F)(F)F. The highest BCUT2D eigenvalue weighted by atomic mass is 19.4. The second kappa shape index (κ2) is 6.95. The van der Waals surface area contributed by atoms with E-state index in [-0.39, 0.29) is 23.3 Å². The van der Waals surface area contributed by atoms with Crippen LogP contribution in [-0.4, -0.2) is 19.1 Å². The van der Waals surface area contributed by atoms with Crippen molar-refractivity contribution in [3.05, 3.63) is 29.8 Å². The molecule has 2 atom stereocenters. The van der Waals surface area contributed by atoms with Gasteiger partial charge in [-0.3, -0.25) is 0 Å². The van der Waals surface area contributed by atoms with Crippen LogP contribution in [0.3, 0.4) is 0 Å². The zero-order chi connectivity index (χ0) is 15.3. The molecule has 0 heterocycles. The molecule has 0 spiro atoms. The van der Waals surface area contributed by atoms with Crippen LogP contribution >= 0.6 is 0 Å². The minimum atomic E-state index is -4.74. The summed E-state index contributed by atoms with van der Waals surface area (Å²) in [4.78, 5) is 0. The van der Waals surface area contributed by atoms with Gasteiger partial charge in [0.1, 0.15) is 5.75 Å². The Morgan fingerprint density at radius 3 is 2.30 bits per heavy atom. The molecule has 0 radical (unpaired) electrons. The molecule has 2 unspecified atom stereocenters. The molecule has 0 bridgehead atoms. The standard InChI is InChI=1S/C14H20F3NO2/c1-4-19-13(9(2)3)12(18)10-7-5-6-8-11(10)20-14(15,16)17/h5-9,12-13H,4,18H2,1-3H3. The van der Waals surface area contributed by atoms with Crippen LogP contribution in [-0.2, 0) is 4.74 Å². The van der Waals surface area contributed by atoms with E-state index in [2.05, 4.69) is 4.74 Å². The van der Waals surface area contributed by atoms with E-state index in [9.17, 15) is 13.2 Å². The van der Waals surface area contributed by atoms with E-state index in [1.807, 2.05) is 20.8 Å². The molecule has 0 saturated heterocycles. The number of nitrogens with two attached hydrogens (primary N) is 1. The second-order valence-corrected chi connectivity index (χ2v) is 4.78. The number of halogens is 3. The normalized spacial score (nSPS) is 15.2. The summed E-state index contributed by atoms with van der Waals surface area (Å²) in [6.45, 7) is 6.08. The van der Waals surface area contributed by atoms with Crippen LogP contribution in [0, 0.1) is 5.92 Å². The minimum absolute atomic E-state index is 0.0730. The number of hydrogen-bond acceptors (Lipinski definition) is 3. The summed E-state index contributed by atoms with van der Waals surface area (Å²) in [7, 11) is 0. The van der Waals surface area contributed by atoms with Crippen molar-refractivity contribution in [1.29, 1.82) is 0 Å². The Hall–Kier alpha value is -1.27. The maximum atomic E-state index is 12.4. The number of hydrogen-bond donors (Lipinski definition) is 1. The van der Waals surface area contributed by atoms with Gasteiger partial charge in [-0.25, -0.2) is 0 Å². The monoisotopic (exact) mass is 291 g/mol. The Labute approximate surface area is 116 Å². The van der Waals surface area contributed by atoms with Gasteiger partial charge in [0.15, 0.2) is 0 Å².